The standard InChI is InChI=1S/C17H11ClFN3O2/c18-11-7-5-10(6-8-11)15-20-9-12(17(24)22-15)16(23)21-14-4-2-1-3-13(14)19/h1-9H,(H,21,23)(H,20,22,24). The van der Waals surface area contributed by atoms with Crippen molar-refractivity contribution in [3.63, 3.8) is 0 Å². The first-order valence-corrected chi connectivity index (χ1v) is 7.33. The fourth-order valence-electron chi connectivity index (χ4n) is 2.06. The average Bonchev–Trinajstić information content (AvgIpc) is 2.57. The molecule has 0 atom stereocenters. The second kappa shape index (κ2) is 6.64. The van der Waals surface area contributed by atoms with Crippen molar-refractivity contribution in [1.29, 1.82) is 0 Å². The molecule has 7 heteroatoms. The number of nitrogens with zero attached hydrogens (tertiary/aromatic N) is 1. The molecule has 2 aromatic carbocycles. The van der Waals surface area contributed by atoms with Gasteiger partial charge in [-0.3, -0.25) is 9.59 Å². The van der Waals surface area contributed by atoms with Crippen LogP contribution in [0.3, 0.4) is 0 Å². The van der Waals surface area contributed by atoms with Crippen LogP contribution in [0.25, 0.3) is 11.4 Å². The number of aromatic nitrogens is 2. The van der Waals surface area contributed by atoms with Crippen molar-refractivity contribution in [3.8, 4) is 11.4 Å². The van der Waals surface area contributed by atoms with Crippen molar-refractivity contribution >= 4 is 23.2 Å². The Balaban J connectivity index is 1.87. The number of H-pyrrole nitrogens is 1. The number of aromatic amines is 1. The maximum atomic E-state index is 13.6. The molecule has 0 aliphatic heterocycles. The molecule has 0 saturated heterocycles. The van der Waals surface area contributed by atoms with Gasteiger partial charge in [0.1, 0.15) is 17.2 Å². The Hall–Kier alpha value is -2.99. The Kier molecular flexibility index (Phi) is 4.39. The highest BCUT2D eigenvalue weighted by Crippen LogP contribution is 2.17. The van der Waals surface area contributed by atoms with Crippen molar-refractivity contribution in [1.82, 2.24) is 9.97 Å². The number of anilines is 1. The van der Waals surface area contributed by atoms with Gasteiger partial charge in [0.15, 0.2) is 0 Å². The molecule has 1 heterocycles. The van der Waals surface area contributed by atoms with Gasteiger partial charge >= 0.3 is 0 Å². The molecule has 1 amide bonds. The van der Waals surface area contributed by atoms with Gasteiger partial charge in [-0.1, -0.05) is 23.7 Å². The van der Waals surface area contributed by atoms with E-state index in [-0.39, 0.29) is 11.3 Å². The number of rotatable bonds is 3. The highest BCUT2D eigenvalue weighted by Gasteiger charge is 2.14. The molecule has 3 aromatic rings. The molecule has 24 heavy (non-hydrogen) atoms. The Morgan fingerprint density at radius 3 is 2.50 bits per heavy atom. The number of amides is 1. The molecule has 1 aromatic heterocycles. The summed E-state index contributed by atoms with van der Waals surface area (Å²) in [6.45, 7) is 0. The minimum Gasteiger partial charge on any atom is -0.319 e. The molecular formula is C17H11ClFN3O2. The fraction of sp³-hybridized carbons (Fsp3) is 0. The van der Waals surface area contributed by atoms with E-state index in [1.165, 1.54) is 18.2 Å². The number of hydrogen-bond acceptors (Lipinski definition) is 3. The third kappa shape index (κ3) is 3.33. The molecule has 0 fully saturated rings. The summed E-state index contributed by atoms with van der Waals surface area (Å²) in [6.07, 6.45) is 1.15. The second-order valence-electron chi connectivity index (χ2n) is 4.92. The summed E-state index contributed by atoms with van der Waals surface area (Å²) >= 11 is 5.81. The predicted molar refractivity (Wildman–Crippen MR) is 89.7 cm³/mol. The quantitative estimate of drug-likeness (QED) is 0.764. The van der Waals surface area contributed by atoms with Gasteiger partial charge in [0.2, 0.25) is 0 Å². The van der Waals surface area contributed by atoms with E-state index in [2.05, 4.69) is 15.3 Å². The van der Waals surface area contributed by atoms with E-state index in [9.17, 15) is 14.0 Å². The van der Waals surface area contributed by atoms with Gasteiger partial charge in [-0.05, 0) is 36.4 Å². The molecule has 0 aliphatic carbocycles. The summed E-state index contributed by atoms with van der Waals surface area (Å²) in [6, 6.07) is 12.4. The SMILES string of the molecule is O=C(Nc1ccccc1F)c1cnc(-c2ccc(Cl)cc2)[nH]c1=O. The lowest BCUT2D eigenvalue weighted by Gasteiger charge is -2.06. The number of hydrogen-bond donors (Lipinski definition) is 2. The lowest BCUT2D eigenvalue weighted by molar-refractivity contribution is 0.102. The van der Waals surface area contributed by atoms with Crippen molar-refractivity contribution in [2.24, 2.45) is 0 Å². The number of carbonyl (C=O) groups excluding carboxylic acids is 1. The van der Waals surface area contributed by atoms with Gasteiger partial charge in [0.05, 0.1) is 5.69 Å². The summed E-state index contributed by atoms with van der Waals surface area (Å²) in [5, 5.41) is 2.90. The van der Waals surface area contributed by atoms with Gasteiger partial charge in [-0.25, -0.2) is 9.37 Å². The Bertz CT molecular complexity index is 955. The highest BCUT2D eigenvalue weighted by molar-refractivity contribution is 6.30. The van der Waals surface area contributed by atoms with E-state index in [0.717, 1.165) is 6.20 Å². The number of nitrogens with one attached hydrogen (secondary N) is 2. The van der Waals surface area contributed by atoms with E-state index in [1.54, 1.807) is 30.3 Å². The molecule has 0 saturated carbocycles. The third-order valence-corrected chi connectivity index (χ3v) is 3.54. The van der Waals surface area contributed by atoms with Crippen LogP contribution < -0.4 is 10.9 Å². The fourth-order valence-corrected chi connectivity index (χ4v) is 2.19. The van der Waals surface area contributed by atoms with E-state index in [1.807, 2.05) is 0 Å². The van der Waals surface area contributed by atoms with Gasteiger partial charge in [-0.15, -0.1) is 0 Å². The maximum Gasteiger partial charge on any atom is 0.264 e. The van der Waals surface area contributed by atoms with E-state index >= 15 is 0 Å². The molecule has 120 valence electrons. The van der Waals surface area contributed by atoms with Crippen LogP contribution in [-0.2, 0) is 0 Å². The smallest absolute Gasteiger partial charge is 0.264 e. The summed E-state index contributed by atoms with van der Waals surface area (Å²) in [7, 11) is 0. The molecular weight excluding hydrogens is 333 g/mol. The van der Waals surface area contributed by atoms with E-state index < -0.39 is 17.3 Å². The van der Waals surface area contributed by atoms with Crippen LogP contribution in [-0.4, -0.2) is 15.9 Å². The summed E-state index contributed by atoms with van der Waals surface area (Å²) < 4.78 is 13.6. The Morgan fingerprint density at radius 1 is 1.12 bits per heavy atom. The monoisotopic (exact) mass is 343 g/mol. The van der Waals surface area contributed by atoms with Crippen LogP contribution in [0.5, 0.6) is 0 Å². The second-order valence-corrected chi connectivity index (χ2v) is 5.35. The zero-order valence-electron chi connectivity index (χ0n) is 12.2. The first-order chi connectivity index (χ1) is 11.5. The lowest BCUT2D eigenvalue weighted by atomic mass is 10.2. The van der Waals surface area contributed by atoms with Crippen molar-refractivity contribution < 1.29 is 9.18 Å². The normalized spacial score (nSPS) is 10.4. The first-order valence-electron chi connectivity index (χ1n) is 6.96. The third-order valence-electron chi connectivity index (χ3n) is 3.28. The maximum absolute atomic E-state index is 13.6. The molecule has 0 aliphatic rings. The Morgan fingerprint density at radius 2 is 1.83 bits per heavy atom. The van der Waals surface area contributed by atoms with E-state index in [0.29, 0.717) is 16.4 Å². The summed E-state index contributed by atoms with van der Waals surface area (Å²) in [5.41, 5.74) is -0.194. The number of halogens is 2. The van der Waals surface area contributed by atoms with E-state index in [4.69, 9.17) is 11.6 Å². The molecule has 0 bridgehead atoms. The van der Waals surface area contributed by atoms with Gasteiger partial charge in [-0.2, -0.15) is 0 Å². The number of carbonyl (C=O) groups is 1. The van der Waals surface area contributed by atoms with Crippen molar-refractivity contribution in [2.75, 3.05) is 5.32 Å². The Labute approximate surface area is 141 Å². The predicted octanol–water partition coefficient (Wildman–Crippen LogP) is 3.48. The topological polar surface area (TPSA) is 74.8 Å². The zero-order chi connectivity index (χ0) is 17.1. The molecule has 0 unspecified atom stereocenters. The van der Waals surface area contributed by atoms with Crippen LogP contribution in [0.1, 0.15) is 10.4 Å². The van der Waals surface area contributed by atoms with Crippen LogP contribution in [0.15, 0.2) is 59.5 Å². The summed E-state index contributed by atoms with van der Waals surface area (Å²) in [5.74, 6) is -1.02. The molecule has 0 radical (unpaired) electrons. The molecule has 0 spiro atoms. The summed E-state index contributed by atoms with van der Waals surface area (Å²) in [4.78, 5) is 30.8. The van der Waals surface area contributed by atoms with Crippen LogP contribution in [0.2, 0.25) is 5.02 Å². The highest BCUT2D eigenvalue weighted by atomic mass is 35.5. The van der Waals surface area contributed by atoms with Gasteiger partial charge in [0.25, 0.3) is 11.5 Å². The van der Waals surface area contributed by atoms with Crippen molar-refractivity contribution in [3.05, 3.63) is 81.5 Å². The minimum absolute atomic E-state index is 0.0105. The van der Waals surface area contributed by atoms with Crippen LogP contribution >= 0.6 is 11.6 Å². The zero-order valence-corrected chi connectivity index (χ0v) is 13.0. The van der Waals surface area contributed by atoms with Crippen molar-refractivity contribution in [2.45, 2.75) is 0 Å². The average molecular weight is 344 g/mol. The van der Waals surface area contributed by atoms with Crippen LogP contribution in [0, 0.1) is 5.82 Å². The van der Waals surface area contributed by atoms with Crippen LogP contribution in [0.4, 0.5) is 10.1 Å². The van der Waals surface area contributed by atoms with Gasteiger partial charge in [0, 0.05) is 16.8 Å². The number of benzene rings is 2. The number of para-hydroxylation sites is 1. The van der Waals surface area contributed by atoms with Gasteiger partial charge < -0.3 is 10.3 Å². The molecule has 2 N–H and O–H groups in total. The molecule has 3 rings (SSSR count). The first kappa shape index (κ1) is 15.9. The largest absolute Gasteiger partial charge is 0.319 e. The lowest BCUT2D eigenvalue weighted by Crippen LogP contribution is -2.24. The molecule has 5 nitrogen and oxygen atoms in total. The minimum atomic E-state index is -0.739.